The molecule has 6 aromatic carbocycles. The second-order valence-corrected chi connectivity index (χ2v) is 38.7. The van der Waals surface area contributed by atoms with Gasteiger partial charge < -0.3 is 54.4 Å². The molecule has 6 atom stereocenters. The lowest BCUT2D eigenvalue weighted by molar-refractivity contribution is -0.131. The molecular weight excluding hydrogens is 1910 g/mol. The number of phenols is 3. The van der Waals surface area contributed by atoms with Gasteiger partial charge in [0.2, 0.25) is 23.5 Å². The molecule has 0 aliphatic carbocycles. The molecule has 3 saturated heterocycles. The molecule has 6 aliphatic heterocycles. The van der Waals surface area contributed by atoms with Gasteiger partial charge in [-0.1, -0.05) is 131 Å². The zero-order chi connectivity index (χ0) is 99.9. The number of aryl methyl sites for hydroxylation is 3. The SMILES string of the molecule is C=CC(=O)N1CC2C(=O)N(C)c3c(c4cc(F)c(-c5cc(O)cc(Cl)c5Cl)c(F)c4n(-c4c(C)ccnc4C(C)C)c3=O)N2CC1C.C=CC(=O)N1CC2CCOc3c(c4cc(F)c(-c5cc(O)cc(Cl)c5Cl)c(F)c4n(-c4c(C)ccnc4C(C)C)c3=O)N2CC1C.C=CC(=O)N1CC2CCc3c(c4cc(F)c(-c5cc(O)cc(Cl)c5Cl)c(F)c4n(-c4c(C)ccnc4C(C)C)c3=O)N2CC1C. The monoisotopic (exact) mass is 2000 g/mol. The molecule has 0 radical (unpaired) electrons. The van der Waals surface area contributed by atoms with Crippen molar-refractivity contribution in [3.8, 4) is 73.4 Å². The molecule has 3 N–H and O–H groups in total. The molecule has 0 spiro atoms. The van der Waals surface area contributed by atoms with Gasteiger partial charge in [-0.25, -0.2) is 26.3 Å². The van der Waals surface area contributed by atoms with Crippen molar-refractivity contribution in [3.63, 3.8) is 0 Å². The fraction of sp³-hybridized carbons (Fsp3) is 0.314. The summed E-state index contributed by atoms with van der Waals surface area (Å²) in [5.74, 6) is -9.03. The zero-order valence-electron chi connectivity index (χ0n) is 77.2. The Morgan fingerprint density at radius 3 is 1.17 bits per heavy atom. The number of carbonyl (C=O) groups is 4. The number of hydrogen-bond acceptors (Lipinski definition) is 17. The lowest BCUT2D eigenvalue weighted by Crippen LogP contribution is -2.66. The average Bonchev–Trinajstić information content (AvgIpc) is 0.730. The Morgan fingerprint density at radius 2 is 0.783 bits per heavy atom. The van der Waals surface area contributed by atoms with Gasteiger partial charge in [-0.05, 0) is 162 Å². The summed E-state index contributed by atoms with van der Waals surface area (Å²) < 4.78 is 111. The first kappa shape index (κ1) is 98.5. The zero-order valence-corrected chi connectivity index (χ0v) is 81.8. The van der Waals surface area contributed by atoms with Crippen LogP contribution in [0.5, 0.6) is 23.0 Å². The predicted molar refractivity (Wildman–Crippen MR) is 529 cm³/mol. The van der Waals surface area contributed by atoms with E-state index < -0.39 is 86.3 Å². The lowest BCUT2D eigenvalue weighted by Gasteiger charge is -2.50. The first-order valence-corrected chi connectivity index (χ1v) is 46.9. The van der Waals surface area contributed by atoms with Crippen LogP contribution in [-0.2, 0) is 25.6 Å². The van der Waals surface area contributed by atoms with Crippen molar-refractivity contribution in [2.45, 2.75) is 156 Å². The van der Waals surface area contributed by atoms with Crippen LogP contribution in [0.2, 0.25) is 30.1 Å². The maximum absolute atomic E-state index is 17.3. The Labute approximate surface area is 819 Å². The number of nitrogens with zero attached hydrogens (tertiary/aromatic N) is 13. The molecule has 6 unspecified atom stereocenters. The summed E-state index contributed by atoms with van der Waals surface area (Å²) in [7, 11) is 1.43. The molecule has 6 aromatic heterocycles. The number of benzene rings is 6. The average molecular weight is 2010 g/mol. The largest absolute Gasteiger partial charge is 0.508 e. The number of aromatic nitrogens is 6. The second-order valence-electron chi connectivity index (χ2n) is 36.4. The Kier molecular flexibility index (Phi) is 27.1. The van der Waals surface area contributed by atoms with Gasteiger partial charge in [0.05, 0.1) is 134 Å². The molecule has 12 heterocycles. The van der Waals surface area contributed by atoms with Gasteiger partial charge in [-0.3, -0.25) is 62.2 Å². The number of amides is 4. The first-order valence-electron chi connectivity index (χ1n) is 44.6. The second kappa shape index (κ2) is 38.0. The highest BCUT2D eigenvalue weighted by atomic mass is 35.5. The molecule has 24 nitrogen and oxygen atoms in total. The number of halogens is 12. The minimum atomic E-state index is -1.13. The van der Waals surface area contributed by atoms with Crippen molar-refractivity contribution >= 4 is 149 Å². The van der Waals surface area contributed by atoms with Crippen molar-refractivity contribution in [2.24, 2.45) is 0 Å². The molecule has 3 fully saturated rings. The maximum atomic E-state index is 17.3. The van der Waals surface area contributed by atoms with Crippen LogP contribution in [-0.4, -0.2) is 171 Å². The quantitative estimate of drug-likeness (QED) is 0.0758. The fourth-order valence-corrected chi connectivity index (χ4v) is 21.5. The van der Waals surface area contributed by atoms with Gasteiger partial charge in [-0.15, -0.1) is 0 Å². The van der Waals surface area contributed by atoms with Gasteiger partial charge >= 0.3 is 0 Å². The van der Waals surface area contributed by atoms with E-state index in [1.807, 2.05) is 72.1 Å². The first-order chi connectivity index (χ1) is 65.4. The fourth-order valence-electron chi connectivity index (χ4n) is 20.2. The summed E-state index contributed by atoms with van der Waals surface area (Å²) in [6, 6.07) is 13.1. The van der Waals surface area contributed by atoms with Crippen molar-refractivity contribution in [1.29, 1.82) is 0 Å². The van der Waals surface area contributed by atoms with Crippen LogP contribution in [0.25, 0.3) is 83.2 Å². The highest BCUT2D eigenvalue weighted by Gasteiger charge is 2.49. The van der Waals surface area contributed by atoms with E-state index in [2.05, 4.69) is 34.7 Å². The van der Waals surface area contributed by atoms with Crippen molar-refractivity contribution in [3.05, 3.63) is 265 Å². The van der Waals surface area contributed by atoms with Gasteiger partial charge in [0.25, 0.3) is 22.6 Å². The van der Waals surface area contributed by atoms with Gasteiger partial charge in [0, 0.05) is 146 Å². The molecule has 138 heavy (non-hydrogen) atoms. The highest BCUT2D eigenvalue weighted by molar-refractivity contribution is 6.45. The van der Waals surface area contributed by atoms with E-state index in [0.29, 0.717) is 95.3 Å². The Morgan fingerprint density at radius 1 is 0.442 bits per heavy atom. The highest BCUT2D eigenvalue weighted by Crippen LogP contribution is 2.53. The van der Waals surface area contributed by atoms with E-state index >= 15 is 26.3 Å². The number of fused-ring (bicyclic) bond motifs is 15. The van der Waals surface area contributed by atoms with Crippen molar-refractivity contribution in [1.82, 2.24) is 43.4 Å². The molecule has 4 amide bonds. The van der Waals surface area contributed by atoms with Crippen LogP contribution in [0.4, 0.5) is 49.1 Å². The van der Waals surface area contributed by atoms with E-state index in [0.717, 1.165) is 41.0 Å². The minimum absolute atomic E-state index is 0.0127. The van der Waals surface area contributed by atoms with Crippen LogP contribution in [0.1, 0.15) is 132 Å². The number of phenolic OH excluding ortho intramolecular Hbond substituents is 3. The van der Waals surface area contributed by atoms with Crippen LogP contribution in [0.15, 0.2) is 144 Å². The van der Waals surface area contributed by atoms with Gasteiger partial charge in [0.15, 0.2) is 17.5 Å². The predicted octanol–water partition coefficient (Wildman–Crippen LogP) is 20.8. The number of rotatable bonds is 12. The lowest BCUT2D eigenvalue weighted by atomic mass is 9.89. The third-order valence-corrected chi connectivity index (χ3v) is 29.1. The van der Waals surface area contributed by atoms with E-state index in [1.54, 1.807) is 72.3 Å². The summed E-state index contributed by atoms with van der Waals surface area (Å²) in [6.45, 7) is 34.7. The molecule has 0 saturated carbocycles. The Hall–Kier alpha value is -12.6. The molecule has 36 heteroatoms. The van der Waals surface area contributed by atoms with E-state index in [1.165, 1.54) is 62.4 Å². The van der Waals surface area contributed by atoms with E-state index in [4.69, 9.17) is 74.3 Å². The summed E-state index contributed by atoms with van der Waals surface area (Å²) in [4.78, 5) is 121. The van der Waals surface area contributed by atoms with E-state index in [-0.39, 0.29) is 211 Å². The topological polar surface area (TPSA) is 266 Å². The third kappa shape index (κ3) is 16.5. The molecule has 0 bridgehead atoms. The molecular formula is C102H95Cl6F6N13O11. The van der Waals surface area contributed by atoms with Crippen LogP contribution < -0.4 is 41.0 Å². The summed E-state index contributed by atoms with van der Waals surface area (Å²) in [5.41, 5.74) is 1.15. The molecule has 718 valence electrons. The van der Waals surface area contributed by atoms with Crippen LogP contribution in [0.3, 0.4) is 0 Å². The Bertz CT molecular complexity index is 7440. The number of pyridine rings is 6. The number of anilines is 4. The number of piperazine rings is 3. The number of aromatic hydroxyl groups is 3. The van der Waals surface area contributed by atoms with Crippen LogP contribution in [0, 0.1) is 55.7 Å². The van der Waals surface area contributed by atoms with E-state index in [9.17, 15) is 48.9 Å². The third-order valence-electron chi connectivity index (χ3n) is 26.7. The summed E-state index contributed by atoms with van der Waals surface area (Å²) in [6.07, 6.45) is 9.93. The number of ether oxygens (including phenoxy) is 1. The minimum Gasteiger partial charge on any atom is -0.508 e. The number of carbonyl (C=O) groups excluding carboxylic acids is 4. The molecule has 12 aromatic rings. The normalized spacial score (nSPS) is 17.8. The molecule has 6 aliphatic rings. The number of likely N-dealkylation sites (N-methyl/N-ethyl adjacent to an activating group) is 1. The standard InChI is InChI=1S/C34H31Cl2F2N5O4.C34H32Cl2F2N4O4.C34H32Cl2F2N4O3/c1-7-24(45)41-14-23-33(46)40(6)32-31(42(23)13-17(41)5)20-12-22(37)25(19-10-18(44)11-21(35)26(19)36)27(38)30(20)43(34(32)47)29-16(4)8-9-39-28(29)15(2)3;1-6-25(44)40-15-19-8-10-46-33-32(41(19)14-18(40)5)22-13-24(37)26(21-11-20(43)12-23(35)27(21)36)28(38)31(22)42(34(33)45)30-17(4)7-9-39-29(30)16(2)3;1-6-26(44)40-15-19-7-8-21-32(41(19)14-18(40)5)23-13-25(37)27(22-11-20(43)12-24(35)28(22)36)29(38)33(23)42(34(21)45)31-17(4)9-10-39-30(31)16(2)3/h7-12,15,17,23,44H,1,13-14H2,2-6H3;6-7,9,11-13,16,18-19,43H,1,8,10,14-15H2,2-5H3;6,9-13,16,18-19,43H,1,7-8,14-15H2,2-5H3. The summed E-state index contributed by atoms with van der Waals surface area (Å²) >= 11 is 38.0. The van der Waals surface area contributed by atoms with Crippen LogP contribution >= 0.6 is 69.6 Å². The molecule has 18 rings (SSSR count). The number of hydrogen-bond donors (Lipinski definition) is 3. The smallest absolute Gasteiger partial charge is 0.300 e. The van der Waals surface area contributed by atoms with Crippen molar-refractivity contribution in [2.75, 3.05) is 72.5 Å². The van der Waals surface area contributed by atoms with Gasteiger partial charge in [-0.2, -0.15) is 0 Å². The summed E-state index contributed by atoms with van der Waals surface area (Å²) in [5, 5.41) is 30.4. The maximum Gasteiger partial charge on any atom is 0.300 e. The van der Waals surface area contributed by atoms with Crippen molar-refractivity contribution < 1.29 is 65.6 Å². The Balaban J connectivity index is 0.000000150. The van der Waals surface area contributed by atoms with Gasteiger partial charge in [0.1, 0.15) is 46.4 Å².